The van der Waals surface area contributed by atoms with Crippen LogP contribution < -0.4 is 10.1 Å². The number of hydrogen-bond acceptors (Lipinski definition) is 4. The van der Waals surface area contributed by atoms with Crippen LogP contribution in [-0.2, 0) is 17.8 Å². The zero-order valence-corrected chi connectivity index (χ0v) is 15.1. The molecule has 3 aromatic rings. The van der Waals surface area contributed by atoms with Gasteiger partial charge in [-0.25, -0.2) is 4.79 Å². The fraction of sp³-hybridized carbons (Fsp3) is 0.136. The lowest BCUT2D eigenvalue weighted by atomic mass is 10.1. The molecule has 0 aliphatic rings. The van der Waals surface area contributed by atoms with Gasteiger partial charge in [0.2, 0.25) is 0 Å². The molecule has 1 heterocycles. The molecule has 0 fully saturated rings. The Morgan fingerprint density at radius 1 is 1.00 bits per heavy atom. The smallest absolute Gasteiger partial charge is 0.326 e. The quantitative estimate of drug-likeness (QED) is 0.631. The molecule has 2 aromatic carbocycles. The van der Waals surface area contributed by atoms with Gasteiger partial charge in [-0.1, -0.05) is 42.5 Å². The summed E-state index contributed by atoms with van der Waals surface area (Å²) >= 11 is 0. The molecule has 0 aliphatic carbocycles. The van der Waals surface area contributed by atoms with E-state index in [1.54, 1.807) is 36.7 Å². The number of nitrogens with zero attached hydrogens (tertiary/aromatic N) is 1. The summed E-state index contributed by atoms with van der Waals surface area (Å²) in [5, 5.41) is 12.0. The molecule has 1 amide bonds. The summed E-state index contributed by atoms with van der Waals surface area (Å²) < 4.78 is 5.69. The summed E-state index contributed by atoms with van der Waals surface area (Å²) in [7, 11) is 0. The van der Waals surface area contributed by atoms with Crippen molar-refractivity contribution in [1.82, 2.24) is 10.3 Å². The van der Waals surface area contributed by atoms with E-state index in [2.05, 4.69) is 10.3 Å². The van der Waals surface area contributed by atoms with Crippen molar-refractivity contribution in [2.45, 2.75) is 19.1 Å². The van der Waals surface area contributed by atoms with Gasteiger partial charge in [-0.2, -0.15) is 0 Å². The molecule has 0 saturated heterocycles. The second-order valence-corrected chi connectivity index (χ2v) is 6.23. The lowest BCUT2D eigenvalue weighted by molar-refractivity contribution is -0.139. The Kier molecular flexibility index (Phi) is 6.36. The van der Waals surface area contributed by atoms with E-state index >= 15 is 0 Å². The molecule has 0 radical (unpaired) electrons. The molecule has 1 aromatic heterocycles. The third-order valence-electron chi connectivity index (χ3n) is 4.11. The molecule has 2 N–H and O–H groups in total. The second-order valence-electron chi connectivity index (χ2n) is 6.23. The minimum Gasteiger partial charge on any atom is -0.489 e. The van der Waals surface area contributed by atoms with Crippen LogP contribution in [0.3, 0.4) is 0 Å². The number of ether oxygens (including phenoxy) is 1. The van der Waals surface area contributed by atoms with Crippen LogP contribution in [0.2, 0.25) is 0 Å². The Labute approximate surface area is 162 Å². The van der Waals surface area contributed by atoms with E-state index in [1.165, 1.54) is 0 Å². The first-order chi connectivity index (χ1) is 13.6. The van der Waals surface area contributed by atoms with Crippen molar-refractivity contribution < 1.29 is 19.4 Å². The average Bonchev–Trinajstić information content (AvgIpc) is 2.73. The van der Waals surface area contributed by atoms with Crippen LogP contribution in [0.25, 0.3) is 0 Å². The fourth-order valence-corrected chi connectivity index (χ4v) is 2.67. The summed E-state index contributed by atoms with van der Waals surface area (Å²) in [4.78, 5) is 28.1. The van der Waals surface area contributed by atoms with Crippen molar-refractivity contribution in [2.75, 3.05) is 0 Å². The number of hydrogen-bond donors (Lipinski definition) is 2. The van der Waals surface area contributed by atoms with E-state index in [1.807, 2.05) is 42.5 Å². The zero-order valence-electron chi connectivity index (χ0n) is 15.1. The maximum absolute atomic E-state index is 12.5. The standard InChI is InChI=1S/C22H20N2O4/c25-21(24-20(22(26)27)12-16-6-2-1-3-7-16)18-9-4-10-19(13-18)28-15-17-8-5-11-23-14-17/h1-11,13-14,20H,12,15H2,(H,24,25)(H,26,27)/t20-/m1/s1. The van der Waals surface area contributed by atoms with Gasteiger partial charge < -0.3 is 15.2 Å². The number of carboxylic acid groups (broad SMARTS) is 1. The van der Waals surface area contributed by atoms with Crippen LogP contribution in [0.1, 0.15) is 21.5 Å². The Morgan fingerprint density at radius 3 is 2.50 bits per heavy atom. The minimum atomic E-state index is -1.08. The van der Waals surface area contributed by atoms with Gasteiger partial charge in [0.05, 0.1) is 0 Å². The topological polar surface area (TPSA) is 88.5 Å². The van der Waals surface area contributed by atoms with Gasteiger partial charge in [-0.3, -0.25) is 9.78 Å². The Morgan fingerprint density at radius 2 is 1.79 bits per heavy atom. The molecule has 6 heteroatoms. The predicted octanol–water partition coefficient (Wildman–Crippen LogP) is 3.09. The van der Waals surface area contributed by atoms with Crippen molar-refractivity contribution in [2.24, 2.45) is 0 Å². The molecule has 0 bridgehead atoms. The maximum Gasteiger partial charge on any atom is 0.326 e. The molecule has 0 unspecified atom stereocenters. The van der Waals surface area contributed by atoms with Crippen molar-refractivity contribution in [3.05, 3.63) is 95.8 Å². The largest absolute Gasteiger partial charge is 0.489 e. The lowest BCUT2D eigenvalue weighted by Gasteiger charge is -2.15. The number of benzene rings is 2. The monoisotopic (exact) mass is 376 g/mol. The van der Waals surface area contributed by atoms with E-state index in [0.717, 1.165) is 11.1 Å². The molecule has 142 valence electrons. The van der Waals surface area contributed by atoms with Crippen molar-refractivity contribution in [3.63, 3.8) is 0 Å². The molecule has 0 aliphatic heterocycles. The van der Waals surface area contributed by atoms with E-state index in [9.17, 15) is 14.7 Å². The van der Waals surface area contributed by atoms with Crippen LogP contribution in [0.15, 0.2) is 79.1 Å². The van der Waals surface area contributed by atoms with Crippen molar-refractivity contribution in [3.8, 4) is 5.75 Å². The number of rotatable bonds is 8. The van der Waals surface area contributed by atoms with Crippen LogP contribution in [0.4, 0.5) is 0 Å². The van der Waals surface area contributed by atoms with Crippen LogP contribution in [-0.4, -0.2) is 28.0 Å². The SMILES string of the molecule is O=C(N[C@H](Cc1ccccc1)C(=O)O)c1cccc(OCc2cccnc2)c1. The summed E-state index contributed by atoms with van der Waals surface area (Å²) in [5.74, 6) is -1.03. The molecule has 0 spiro atoms. The zero-order chi connectivity index (χ0) is 19.8. The number of carboxylic acids is 1. The first-order valence-electron chi connectivity index (χ1n) is 8.81. The first-order valence-corrected chi connectivity index (χ1v) is 8.81. The highest BCUT2D eigenvalue weighted by molar-refractivity contribution is 5.97. The summed E-state index contributed by atoms with van der Waals surface area (Å²) in [6, 6.07) is 18.5. The number of amides is 1. The number of carbonyl (C=O) groups excluding carboxylic acids is 1. The van der Waals surface area contributed by atoms with Crippen LogP contribution >= 0.6 is 0 Å². The van der Waals surface area contributed by atoms with E-state index < -0.39 is 17.9 Å². The second kappa shape index (κ2) is 9.32. The Balaban J connectivity index is 1.64. The average molecular weight is 376 g/mol. The molecule has 3 rings (SSSR count). The van der Waals surface area contributed by atoms with Gasteiger partial charge in [0.15, 0.2) is 0 Å². The van der Waals surface area contributed by atoms with Gasteiger partial charge in [0.25, 0.3) is 5.91 Å². The predicted molar refractivity (Wildman–Crippen MR) is 104 cm³/mol. The number of nitrogens with one attached hydrogen (secondary N) is 1. The van der Waals surface area contributed by atoms with Crippen molar-refractivity contribution in [1.29, 1.82) is 0 Å². The summed E-state index contributed by atoms with van der Waals surface area (Å²) in [5.41, 5.74) is 2.08. The van der Waals surface area contributed by atoms with Crippen molar-refractivity contribution >= 4 is 11.9 Å². The van der Waals surface area contributed by atoms with Crippen LogP contribution in [0, 0.1) is 0 Å². The number of aromatic nitrogens is 1. The first kappa shape index (κ1) is 19.1. The molecule has 28 heavy (non-hydrogen) atoms. The highest BCUT2D eigenvalue weighted by atomic mass is 16.5. The van der Waals surface area contributed by atoms with Gasteiger partial charge in [-0.15, -0.1) is 0 Å². The molecule has 6 nitrogen and oxygen atoms in total. The number of aliphatic carboxylic acids is 1. The van der Waals surface area contributed by atoms with E-state index in [-0.39, 0.29) is 6.42 Å². The van der Waals surface area contributed by atoms with E-state index in [4.69, 9.17) is 4.74 Å². The molecular formula is C22H20N2O4. The molecule has 1 atom stereocenters. The fourth-order valence-electron chi connectivity index (χ4n) is 2.67. The third kappa shape index (κ3) is 5.41. The minimum absolute atomic E-state index is 0.207. The Hall–Kier alpha value is -3.67. The maximum atomic E-state index is 12.5. The highest BCUT2D eigenvalue weighted by Gasteiger charge is 2.21. The van der Waals surface area contributed by atoms with E-state index in [0.29, 0.717) is 17.9 Å². The summed E-state index contributed by atoms with van der Waals surface area (Å²) in [6.07, 6.45) is 3.60. The van der Waals surface area contributed by atoms with Crippen LogP contribution in [0.5, 0.6) is 5.75 Å². The number of carbonyl (C=O) groups is 2. The molecule has 0 saturated carbocycles. The highest BCUT2D eigenvalue weighted by Crippen LogP contribution is 2.15. The van der Waals surface area contributed by atoms with Gasteiger partial charge in [0.1, 0.15) is 18.4 Å². The normalized spacial score (nSPS) is 11.4. The van der Waals surface area contributed by atoms with Gasteiger partial charge in [-0.05, 0) is 29.8 Å². The molecular weight excluding hydrogens is 356 g/mol. The van der Waals surface area contributed by atoms with Gasteiger partial charge >= 0.3 is 5.97 Å². The third-order valence-corrected chi connectivity index (χ3v) is 4.11. The Bertz CT molecular complexity index is 930. The number of pyridine rings is 1. The lowest BCUT2D eigenvalue weighted by Crippen LogP contribution is -2.42. The summed E-state index contributed by atoms with van der Waals surface area (Å²) in [6.45, 7) is 0.324. The van der Waals surface area contributed by atoms with Gasteiger partial charge in [0, 0.05) is 29.9 Å².